The number of aromatic nitrogens is 2. The van der Waals surface area contributed by atoms with Crippen LogP contribution in [0, 0.1) is 0 Å². The van der Waals surface area contributed by atoms with Crippen LogP contribution in [0.25, 0.3) is 0 Å². The maximum atomic E-state index is 4.31. The van der Waals surface area contributed by atoms with Crippen LogP contribution < -0.4 is 5.32 Å². The molecule has 0 aliphatic carbocycles. The second-order valence-corrected chi connectivity index (χ2v) is 3.48. The lowest BCUT2D eigenvalue weighted by atomic mass is 10.3. The summed E-state index contributed by atoms with van der Waals surface area (Å²) in [6.45, 7) is 5.44. The average Bonchev–Trinajstić information content (AvgIpc) is 2.54. The van der Waals surface area contributed by atoms with Gasteiger partial charge in [0.1, 0.15) is 5.82 Å². The molecule has 80 valence electrons. The molecule has 5 heteroatoms. The summed E-state index contributed by atoms with van der Waals surface area (Å²) in [6.07, 6.45) is 3.86. The van der Waals surface area contributed by atoms with Gasteiger partial charge in [-0.2, -0.15) is 0 Å². The molecule has 1 N–H and O–H groups in total. The molecule has 1 aliphatic heterocycles. The van der Waals surface area contributed by atoms with Gasteiger partial charge in [0.25, 0.3) is 0 Å². The molecular formula is C9H17ClN4. The molecule has 0 aromatic carbocycles. The summed E-state index contributed by atoms with van der Waals surface area (Å²) in [4.78, 5) is 6.74. The van der Waals surface area contributed by atoms with E-state index < -0.39 is 0 Å². The first-order valence-corrected chi connectivity index (χ1v) is 4.75. The van der Waals surface area contributed by atoms with E-state index in [9.17, 15) is 0 Å². The van der Waals surface area contributed by atoms with Gasteiger partial charge in [0.2, 0.25) is 0 Å². The second-order valence-electron chi connectivity index (χ2n) is 3.48. The molecule has 2 rings (SSSR count). The Balaban J connectivity index is 0.000000980. The average molecular weight is 217 g/mol. The molecule has 4 nitrogen and oxygen atoms in total. The molecule has 2 heterocycles. The predicted octanol–water partition coefficient (Wildman–Crippen LogP) is 0.247. The van der Waals surface area contributed by atoms with Gasteiger partial charge in [-0.25, -0.2) is 4.98 Å². The van der Waals surface area contributed by atoms with E-state index in [0.29, 0.717) is 0 Å². The highest BCUT2D eigenvalue weighted by Gasteiger charge is 2.11. The Morgan fingerprint density at radius 3 is 2.71 bits per heavy atom. The molecule has 1 saturated heterocycles. The van der Waals surface area contributed by atoms with Gasteiger partial charge in [0.05, 0.1) is 6.54 Å². The lowest BCUT2D eigenvalue weighted by Gasteiger charge is -2.26. The van der Waals surface area contributed by atoms with Crippen molar-refractivity contribution in [3.05, 3.63) is 18.2 Å². The third-order valence-electron chi connectivity index (χ3n) is 2.50. The molecular weight excluding hydrogens is 200 g/mol. The summed E-state index contributed by atoms with van der Waals surface area (Å²) in [6, 6.07) is 0. The Kier molecular flexibility index (Phi) is 4.38. The number of nitrogens with zero attached hydrogens (tertiary/aromatic N) is 3. The van der Waals surface area contributed by atoms with Gasteiger partial charge in [-0.15, -0.1) is 12.4 Å². The van der Waals surface area contributed by atoms with Gasteiger partial charge < -0.3 is 9.88 Å². The van der Waals surface area contributed by atoms with Crippen molar-refractivity contribution in [3.8, 4) is 0 Å². The quantitative estimate of drug-likeness (QED) is 0.770. The number of aryl methyl sites for hydroxylation is 1. The van der Waals surface area contributed by atoms with E-state index in [1.165, 1.54) is 0 Å². The maximum Gasteiger partial charge on any atom is 0.122 e. The highest BCUT2D eigenvalue weighted by atomic mass is 35.5. The van der Waals surface area contributed by atoms with E-state index in [2.05, 4.69) is 19.8 Å². The summed E-state index contributed by atoms with van der Waals surface area (Å²) in [7, 11) is 2.05. The standard InChI is InChI=1S/C9H16N4.ClH/c1-12-5-4-11-9(12)8-13-6-2-10-3-7-13;/h4-5,10H,2-3,6-8H2,1H3;1H. The van der Waals surface area contributed by atoms with Crippen LogP contribution in [0.5, 0.6) is 0 Å². The molecule has 0 saturated carbocycles. The van der Waals surface area contributed by atoms with Crippen molar-refractivity contribution in [2.24, 2.45) is 7.05 Å². The Morgan fingerprint density at radius 2 is 2.14 bits per heavy atom. The summed E-state index contributed by atoms with van der Waals surface area (Å²) >= 11 is 0. The van der Waals surface area contributed by atoms with E-state index in [1.807, 2.05) is 19.4 Å². The molecule has 0 bridgehead atoms. The van der Waals surface area contributed by atoms with E-state index in [-0.39, 0.29) is 12.4 Å². The lowest BCUT2D eigenvalue weighted by Crippen LogP contribution is -2.43. The first-order chi connectivity index (χ1) is 6.36. The fourth-order valence-electron chi connectivity index (χ4n) is 1.62. The summed E-state index contributed by atoms with van der Waals surface area (Å²) in [5.41, 5.74) is 0. The molecule has 0 spiro atoms. The first-order valence-electron chi connectivity index (χ1n) is 4.75. The van der Waals surface area contributed by atoms with Crippen molar-refractivity contribution >= 4 is 12.4 Å². The Hall–Kier alpha value is -0.580. The minimum Gasteiger partial charge on any atom is -0.337 e. The summed E-state index contributed by atoms with van der Waals surface area (Å²) in [5.74, 6) is 1.15. The molecule has 1 aliphatic rings. The van der Waals surface area contributed by atoms with Gasteiger partial charge in [0, 0.05) is 45.6 Å². The number of halogens is 1. The predicted molar refractivity (Wildman–Crippen MR) is 58.6 cm³/mol. The van der Waals surface area contributed by atoms with Crippen molar-refractivity contribution in [3.63, 3.8) is 0 Å². The minimum absolute atomic E-state index is 0. The third-order valence-corrected chi connectivity index (χ3v) is 2.50. The van der Waals surface area contributed by atoms with E-state index >= 15 is 0 Å². The molecule has 0 atom stereocenters. The number of piperazine rings is 1. The number of imidazole rings is 1. The van der Waals surface area contributed by atoms with Crippen LogP contribution in [0.4, 0.5) is 0 Å². The highest BCUT2D eigenvalue weighted by Crippen LogP contribution is 2.01. The van der Waals surface area contributed by atoms with Crippen molar-refractivity contribution in [2.75, 3.05) is 26.2 Å². The molecule has 1 aromatic rings. The number of hydrogen-bond donors (Lipinski definition) is 1. The SMILES string of the molecule is Cl.Cn1ccnc1CN1CCNCC1. The van der Waals surface area contributed by atoms with Crippen LogP contribution in [0.15, 0.2) is 12.4 Å². The molecule has 0 unspecified atom stereocenters. The third kappa shape index (κ3) is 2.70. The minimum atomic E-state index is 0. The topological polar surface area (TPSA) is 33.1 Å². The van der Waals surface area contributed by atoms with E-state index in [4.69, 9.17) is 0 Å². The molecule has 0 radical (unpaired) electrons. The number of rotatable bonds is 2. The maximum absolute atomic E-state index is 4.31. The van der Waals surface area contributed by atoms with Gasteiger partial charge in [-0.05, 0) is 0 Å². The smallest absolute Gasteiger partial charge is 0.122 e. The Labute approximate surface area is 90.7 Å². The zero-order valence-corrected chi connectivity index (χ0v) is 9.26. The molecule has 1 fully saturated rings. The lowest BCUT2D eigenvalue weighted by molar-refractivity contribution is 0.226. The number of hydrogen-bond acceptors (Lipinski definition) is 3. The van der Waals surface area contributed by atoms with Gasteiger partial charge >= 0.3 is 0 Å². The molecule has 1 aromatic heterocycles. The summed E-state index contributed by atoms with van der Waals surface area (Å²) in [5, 5.41) is 3.34. The normalized spacial score (nSPS) is 17.8. The van der Waals surface area contributed by atoms with Crippen molar-refractivity contribution in [2.45, 2.75) is 6.54 Å². The zero-order valence-electron chi connectivity index (χ0n) is 8.44. The Morgan fingerprint density at radius 1 is 1.43 bits per heavy atom. The van der Waals surface area contributed by atoms with Crippen LogP contribution in [-0.4, -0.2) is 40.6 Å². The summed E-state index contributed by atoms with van der Waals surface area (Å²) < 4.78 is 2.09. The molecule has 0 amide bonds. The van der Waals surface area contributed by atoms with Gasteiger partial charge in [-0.3, -0.25) is 4.90 Å². The fourth-order valence-corrected chi connectivity index (χ4v) is 1.62. The van der Waals surface area contributed by atoms with E-state index in [1.54, 1.807) is 0 Å². The Bertz CT molecular complexity index is 268. The largest absolute Gasteiger partial charge is 0.337 e. The second kappa shape index (κ2) is 5.34. The highest BCUT2D eigenvalue weighted by molar-refractivity contribution is 5.85. The van der Waals surface area contributed by atoms with Crippen LogP contribution in [-0.2, 0) is 13.6 Å². The fraction of sp³-hybridized carbons (Fsp3) is 0.667. The van der Waals surface area contributed by atoms with E-state index in [0.717, 1.165) is 38.5 Å². The zero-order chi connectivity index (χ0) is 9.10. The monoisotopic (exact) mass is 216 g/mol. The first kappa shape index (κ1) is 11.5. The van der Waals surface area contributed by atoms with Crippen molar-refractivity contribution in [1.29, 1.82) is 0 Å². The van der Waals surface area contributed by atoms with Gasteiger partial charge in [0.15, 0.2) is 0 Å². The van der Waals surface area contributed by atoms with Crippen LogP contribution in [0.1, 0.15) is 5.82 Å². The van der Waals surface area contributed by atoms with Crippen molar-refractivity contribution in [1.82, 2.24) is 19.8 Å². The van der Waals surface area contributed by atoms with Crippen LogP contribution in [0.2, 0.25) is 0 Å². The molecule has 14 heavy (non-hydrogen) atoms. The number of nitrogens with one attached hydrogen (secondary N) is 1. The van der Waals surface area contributed by atoms with Crippen LogP contribution in [0.3, 0.4) is 0 Å². The van der Waals surface area contributed by atoms with Crippen LogP contribution >= 0.6 is 12.4 Å². The van der Waals surface area contributed by atoms with Gasteiger partial charge in [-0.1, -0.05) is 0 Å². The van der Waals surface area contributed by atoms with Crippen molar-refractivity contribution < 1.29 is 0 Å².